The van der Waals surface area contributed by atoms with E-state index in [4.69, 9.17) is 0 Å². The fourth-order valence-corrected chi connectivity index (χ4v) is 2.44. The molecular formula is C14H18N4OS. The standard InChI is InChI=1S/C14H18N4OS/c1-3-15-13-10-16-12(9-17-13)14(19)18(2)7-6-11-5-4-8-20-11/h4-5,8-10H,3,6-7H2,1-2H3,(H,15,17). The number of anilines is 1. The van der Waals surface area contributed by atoms with Gasteiger partial charge in [0.05, 0.1) is 12.4 Å². The number of carbonyl (C=O) groups is 1. The highest BCUT2D eigenvalue weighted by Gasteiger charge is 2.13. The van der Waals surface area contributed by atoms with Crippen molar-refractivity contribution in [2.24, 2.45) is 0 Å². The highest BCUT2D eigenvalue weighted by molar-refractivity contribution is 7.09. The van der Waals surface area contributed by atoms with Gasteiger partial charge in [0.2, 0.25) is 0 Å². The van der Waals surface area contributed by atoms with Gasteiger partial charge in [0.15, 0.2) is 0 Å². The van der Waals surface area contributed by atoms with Crippen molar-refractivity contribution < 1.29 is 4.79 Å². The molecule has 0 aliphatic heterocycles. The summed E-state index contributed by atoms with van der Waals surface area (Å²) in [7, 11) is 1.79. The third-order valence-corrected chi connectivity index (χ3v) is 3.79. The van der Waals surface area contributed by atoms with Crippen LogP contribution >= 0.6 is 11.3 Å². The zero-order valence-electron chi connectivity index (χ0n) is 11.7. The largest absolute Gasteiger partial charge is 0.369 e. The van der Waals surface area contributed by atoms with Gasteiger partial charge in [-0.2, -0.15) is 0 Å². The monoisotopic (exact) mass is 290 g/mol. The SMILES string of the molecule is CCNc1cnc(C(=O)N(C)CCc2cccs2)cn1. The van der Waals surface area contributed by atoms with E-state index in [9.17, 15) is 4.79 Å². The lowest BCUT2D eigenvalue weighted by Gasteiger charge is -2.16. The summed E-state index contributed by atoms with van der Waals surface area (Å²) in [5.74, 6) is 0.586. The molecule has 20 heavy (non-hydrogen) atoms. The van der Waals surface area contributed by atoms with Crippen LogP contribution in [-0.2, 0) is 6.42 Å². The molecule has 0 unspecified atom stereocenters. The van der Waals surface area contributed by atoms with Crippen LogP contribution in [0, 0.1) is 0 Å². The van der Waals surface area contributed by atoms with Gasteiger partial charge in [0.1, 0.15) is 11.5 Å². The maximum Gasteiger partial charge on any atom is 0.273 e. The number of nitrogens with one attached hydrogen (secondary N) is 1. The van der Waals surface area contributed by atoms with Gasteiger partial charge in [-0.25, -0.2) is 9.97 Å². The van der Waals surface area contributed by atoms with Crippen molar-refractivity contribution in [2.45, 2.75) is 13.3 Å². The Morgan fingerprint density at radius 1 is 1.40 bits per heavy atom. The molecule has 0 saturated heterocycles. The Bertz CT molecular complexity index is 539. The summed E-state index contributed by atoms with van der Waals surface area (Å²) in [5, 5.41) is 5.09. The molecule has 0 radical (unpaired) electrons. The van der Waals surface area contributed by atoms with E-state index in [-0.39, 0.29) is 5.91 Å². The van der Waals surface area contributed by atoms with E-state index in [1.165, 1.54) is 11.1 Å². The topological polar surface area (TPSA) is 58.1 Å². The lowest BCUT2D eigenvalue weighted by molar-refractivity contribution is 0.0790. The van der Waals surface area contributed by atoms with E-state index in [1.807, 2.05) is 18.4 Å². The summed E-state index contributed by atoms with van der Waals surface area (Å²) in [6.45, 7) is 3.44. The van der Waals surface area contributed by atoms with Crippen LogP contribution in [-0.4, -0.2) is 40.9 Å². The molecule has 0 bridgehead atoms. The molecule has 0 aliphatic rings. The Morgan fingerprint density at radius 3 is 2.85 bits per heavy atom. The predicted molar refractivity (Wildman–Crippen MR) is 81.2 cm³/mol. The molecule has 0 aliphatic carbocycles. The van der Waals surface area contributed by atoms with Crippen molar-refractivity contribution in [3.63, 3.8) is 0 Å². The molecule has 2 heterocycles. The normalized spacial score (nSPS) is 10.3. The van der Waals surface area contributed by atoms with Gasteiger partial charge in [0, 0.05) is 25.0 Å². The number of carbonyl (C=O) groups excluding carboxylic acids is 1. The summed E-state index contributed by atoms with van der Waals surface area (Å²) in [6, 6.07) is 4.10. The Kier molecular flexibility index (Phi) is 5.06. The molecule has 0 aromatic carbocycles. The average Bonchev–Trinajstić information content (AvgIpc) is 2.98. The number of amides is 1. The minimum atomic E-state index is -0.0999. The van der Waals surface area contributed by atoms with Crippen molar-refractivity contribution in [1.82, 2.24) is 14.9 Å². The van der Waals surface area contributed by atoms with Gasteiger partial charge < -0.3 is 10.2 Å². The molecule has 2 aromatic heterocycles. The lowest BCUT2D eigenvalue weighted by Crippen LogP contribution is -2.29. The minimum absolute atomic E-state index is 0.0999. The van der Waals surface area contributed by atoms with Gasteiger partial charge in [-0.15, -0.1) is 11.3 Å². The lowest BCUT2D eigenvalue weighted by atomic mass is 10.3. The van der Waals surface area contributed by atoms with Crippen molar-refractivity contribution in [1.29, 1.82) is 0 Å². The first-order valence-electron chi connectivity index (χ1n) is 6.54. The summed E-state index contributed by atoms with van der Waals surface area (Å²) in [4.78, 5) is 23.4. The average molecular weight is 290 g/mol. The molecule has 1 N–H and O–H groups in total. The van der Waals surface area contributed by atoms with Gasteiger partial charge in [-0.05, 0) is 24.8 Å². The summed E-state index contributed by atoms with van der Waals surface area (Å²) in [6.07, 6.45) is 3.97. The molecule has 106 valence electrons. The number of hydrogen-bond acceptors (Lipinski definition) is 5. The summed E-state index contributed by atoms with van der Waals surface area (Å²) in [5.41, 5.74) is 0.375. The van der Waals surface area contributed by atoms with E-state index in [2.05, 4.69) is 21.4 Å². The van der Waals surface area contributed by atoms with Crippen LogP contribution in [0.3, 0.4) is 0 Å². The molecular weight excluding hydrogens is 272 g/mol. The number of nitrogens with zero attached hydrogens (tertiary/aromatic N) is 3. The van der Waals surface area contributed by atoms with Crippen molar-refractivity contribution in [3.8, 4) is 0 Å². The number of rotatable bonds is 6. The number of likely N-dealkylation sites (N-methyl/N-ethyl adjacent to an activating group) is 1. The van der Waals surface area contributed by atoms with E-state index >= 15 is 0 Å². The molecule has 0 spiro atoms. The van der Waals surface area contributed by atoms with Crippen LogP contribution in [0.2, 0.25) is 0 Å². The van der Waals surface area contributed by atoms with Gasteiger partial charge in [-0.1, -0.05) is 6.07 Å². The first-order valence-corrected chi connectivity index (χ1v) is 7.42. The smallest absolute Gasteiger partial charge is 0.273 e. The molecule has 5 nitrogen and oxygen atoms in total. The summed E-state index contributed by atoms with van der Waals surface area (Å²) >= 11 is 1.71. The van der Waals surface area contributed by atoms with Crippen LogP contribution < -0.4 is 5.32 Å². The maximum atomic E-state index is 12.2. The molecule has 0 saturated carbocycles. The first-order chi connectivity index (χ1) is 9.70. The van der Waals surface area contributed by atoms with E-state index in [0.29, 0.717) is 18.1 Å². The van der Waals surface area contributed by atoms with Gasteiger partial charge in [0.25, 0.3) is 5.91 Å². The van der Waals surface area contributed by atoms with Gasteiger partial charge >= 0.3 is 0 Å². The Balaban J connectivity index is 1.92. The van der Waals surface area contributed by atoms with Crippen molar-refractivity contribution in [2.75, 3.05) is 25.5 Å². The molecule has 2 rings (SSSR count). The second-order valence-corrected chi connectivity index (χ2v) is 5.41. The van der Waals surface area contributed by atoms with Gasteiger partial charge in [-0.3, -0.25) is 4.79 Å². The molecule has 0 fully saturated rings. The fourth-order valence-electron chi connectivity index (χ4n) is 1.74. The van der Waals surface area contributed by atoms with Crippen LogP contribution in [0.4, 0.5) is 5.82 Å². The Labute approximate surface area is 122 Å². The zero-order chi connectivity index (χ0) is 14.4. The van der Waals surface area contributed by atoms with Crippen molar-refractivity contribution in [3.05, 3.63) is 40.5 Å². The number of thiophene rings is 1. The van der Waals surface area contributed by atoms with E-state index < -0.39 is 0 Å². The molecule has 2 aromatic rings. The van der Waals surface area contributed by atoms with Crippen LogP contribution in [0.25, 0.3) is 0 Å². The fraction of sp³-hybridized carbons (Fsp3) is 0.357. The van der Waals surface area contributed by atoms with Crippen LogP contribution in [0.5, 0.6) is 0 Å². The highest BCUT2D eigenvalue weighted by Crippen LogP contribution is 2.10. The van der Waals surface area contributed by atoms with Crippen LogP contribution in [0.1, 0.15) is 22.3 Å². The second-order valence-electron chi connectivity index (χ2n) is 4.37. The van der Waals surface area contributed by atoms with Crippen LogP contribution in [0.15, 0.2) is 29.9 Å². The third-order valence-electron chi connectivity index (χ3n) is 2.85. The minimum Gasteiger partial charge on any atom is -0.369 e. The highest BCUT2D eigenvalue weighted by atomic mass is 32.1. The first kappa shape index (κ1) is 14.5. The summed E-state index contributed by atoms with van der Waals surface area (Å²) < 4.78 is 0. The molecule has 1 amide bonds. The number of hydrogen-bond donors (Lipinski definition) is 1. The quantitative estimate of drug-likeness (QED) is 0.887. The van der Waals surface area contributed by atoms with Crippen molar-refractivity contribution >= 4 is 23.1 Å². The van der Waals surface area contributed by atoms with E-state index in [1.54, 1.807) is 29.5 Å². The molecule has 6 heteroatoms. The number of aromatic nitrogens is 2. The Morgan fingerprint density at radius 2 is 2.25 bits per heavy atom. The maximum absolute atomic E-state index is 12.2. The molecule has 0 atom stereocenters. The second kappa shape index (κ2) is 7.00. The predicted octanol–water partition coefficient (Wildman–Crippen LogP) is 2.28. The Hall–Kier alpha value is -1.95. The third kappa shape index (κ3) is 3.77. The zero-order valence-corrected chi connectivity index (χ0v) is 12.5. The van der Waals surface area contributed by atoms with E-state index in [0.717, 1.165) is 13.0 Å².